The minimum atomic E-state index is -3.22. The molecule has 1 aliphatic rings. The zero-order chi connectivity index (χ0) is 19.7. The molecule has 1 aliphatic carbocycles. The van der Waals surface area contributed by atoms with Crippen LogP contribution in [0.1, 0.15) is 62.7 Å². The SMILES string of the molecule is Cc1ccc(C(C)(O)CNC(C)c2ccc(S(=O)(=O)C3CCCC3)cc2)o1. The number of benzene rings is 1. The second kappa shape index (κ2) is 7.78. The number of rotatable bonds is 7. The maximum Gasteiger partial charge on any atom is 0.181 e. The maximum absolute atomic E-state index is 12.7. The minimum Gasteiger partial charge on any atom is -0.463 e. The number of furan rings is 1. The number of aryl methyl sites for hydroxylation is 1. The van der Waals surface area contributed by atoms with Gasteiger partial charge < -0.3 is 14.8 Å². The first-order valence-corrected chi connectivity index (χ1v) is 11.1. The fourth-order valence-electron chi connectivity index (χ4n) is 3.62. The number of aliphatic hydroxyl groups is 1. The molecule has 2 atom stereocenters. The largest absolute Gasteiger partial charge is 0.463 e. The van der Waals surface area contributed by atoms with Crippen LogP contribution in [0.15, 0.2) is 45.7 Å². The average Bonchev–Trinajstić information content (AvgIpc) is 3.32. The Bertz CT molecular complexity index is 862. The van der Waals surface area contributed by atoms with Gasteiger partial charge >= 0.3 is 0 Å². The third kappa shape index (κ3) is 4.45. The Morgan fingerprint density at radius 3 is 2.37 bits per heavy atom. The molecule has 148 valence electrons. The van der Waals surface area contributed by atoms with Gasteiger partial charge in [0.05, 0.1) is 10.1 Å². The Balaban J connectivity index is 1.64. The zero-order valence-corrected chi connectivity index (χ0v) is 17.1. The van der Waals surface area contributed by atoms with Crippen molar-refractivity contribution in [2.75, 3.05) is 6.54 Å². The molecule has 2 unspecified atom stereocenters. The molecule has 0 aliphatic heterocycles. The third-order valence-corrected chi connectivity index (χ3v) is 7.75. The second-order valence-electron chi connectivity index (χ2n) is 7.81. The highest BCUT2D eigenvalue weighted by molar-refractivity contribution is 7.92. The normalized spacial score (nSPS) is 19.1. The molecule has 1 aromatic heterocycles. The van der Waals surface area contributed by atoms with Gasteiger partial charge in [0, 0.05) is 12.6 Å². The summed E-state index contributed by atoms with van der Waals surface area (Å²) in [4.78, 5) is 0.406. The van der Waals surface area contributed by atoms with Crippen LogP contribution in [0, 0.1) is 6.92 Å². The van der Waals surface area contributed by atoms with Crippen molar-refractivity contribution in [3.05, 3.63) is 53.5 Å². The summed E-state index contributed by atoms with van der Waals surface area (Å²) in [6.07, 6.45) is 3.53. The monoisotopic (exact) mass is 391 g/mol. The van der Waals surface area contributed by atoms with E-state index in [2.05, 4.69) is 5.32 Å². The predicted molar refractivity (Wildman–Crippen MR) is 105 cm³/mol. The molecule has 0 spiro atoms. The lowest BCUT2D eigenvalue weighted by atomic mass is 10.0. The van der Waals surface area contributed by atoms with Crippen LogP contribution in [0.3, 0.4) is 0 Å². The second-order valence-corrected chi connectivity index (χ2v) is 10.0. The molecule has 27 heavy (non-hydrogen) atoms. The van der Waals surface area contributed by atoms with Gasteiger partial charge in [0.25, 0.3) is 0 Å². The van der Waals surface area contributed by atoms with E-state index in [1.807, 2.05) is 32.0 Å². The quantitative estimate of drug-likeness (QED) is 0.749. The number of hydrogen-bond donors (Lipinski definition) is 2. The van der Waals surface area contributed by atoms with Crippen molar-refractivity contribution in [3.8, 4) is 0 Å². The zero-order valence-electron chi connectivity index (χ0n) is 16.2. The van der Waals surface area contributed by atoms with Crippen LogP contribution in [0.2, 0.25) is 0 Å². The molecule has 1 saturated carbocycles. The third-order valence-electron chi connectivity index (χ3n) is 5.47. The molecule has 1 fully saturated rings. The summed E-state index contributed by atoms with van der Waals surface area (Å²) >= 11 is 0. The Morgan fingerprint density at radius 1 is 1.19 bits per heavy atom. The van der Waals surface area contributed by atoms with Crippen LogP contribution in [0.5, 0.6) is 0 Å². The molecule has 2 aromatic rings. The van der Waals surface area contributed by atoms with Crippen molar-refractivity contribution >= 4 is 9.84 Å². The molecule has 0 amide bonds. The van der Waals surface area contributed by atoms with Crippen molar-refractivity contribution < 1.29 is 17.9 Å². The lowest BCUT2D eigenvalue weighted by Gasteiger charge is -2.24. The maximum atomic E-state index is 12.7. The van der Waals surface area contributed by atoms with Crippen molar-refractivity contribution in [2.24, 2.45) is 0 Å². The fraction of sp³-hybridized carbons (Fsp3) is 0.524. The summed E-state index contributed by atoms with van der Waals surface area (Å²) in [5.74, 6) is 1.29. The highest BCUT2D eigenvalue weighted by atomic mass is 32.2. The van der Waals surface area contributed by atoms with E-state index in [1.54, 1.807) is 25.1 Å². The van der Waals surface area contributed by atoms with Crippen LogP contribution in [0.25, 0.3) is 0 Å². The van der Waals surface area contributed by atoms with Gasteiger partial charge in [-0.25, -0.2) is 8.42 Å². The van der Waals surface area contributed by atoms with Crippen molar-refractivity contribution in [1.29, 1.82) is 0 Å². The molecule has 0 bridgehead atoms. The first-order valence-electron chi connectivity index (χ1n) is 9.57. The summed E-state index contributed by atoms with van der Waals surface area (Å²) < 4.78 is 30.9. The minimum absolute atomic E-state index is 0.0317. The smallest absolute Gasteiger partial charge is 0.181 e. The lowest BCUT2D eigenvalue weighted by Crippen LogP contribution is -2.36. The summed E-state index contributed by atoms with van der Waals surface area (Å²) in [5.41, 5.74) is -0.138. The molecular formula is C21H29NO4S. The standard InChI is InChI=1S/C21H29NO4S/c1-15-8-13-20(26-15)21(3,23)14-22-16(2)17-9-11-19(12-10-17)27(24,25)18-6-4-5-7-18/h8-13,16,18,22-23H,4-7,14H2,1-3H3. The van der Waals surface area contributed by atoms with Gasteiger partial charge in [-0.05, 0) is 63.4 Å². The van der Waals surface area contributed by atoms with Crippen LogP contribution < -0.4 is 5.32 Å². The Hall–Kier alpha value is -1.63. The molecule has 5 nitrogen and oxygen atoms in total. The van der Waals surface area contributed by atoms with Crippen LogP contribution in [0.4, 0.5) is 0 Å². The predicted octanol–water partition coefficient (Wildman–Crippen LogP) is 3.86. The van der Waals surface area contributed by atoms with Gasteiger partial charge in [-0.3, -0.25) is 0 Å². The first kappa shape index (κ1) is 20.1. The van der Waals surface area contributed by atoms with E-state index in [9.17, 15) is 13.5 Å². The van der Waals surface area contributed by atoms with Gasteiger partial charge in [0.15, 0.2) is 9.84 Å². The molecule has 3 rings (SSSR count). The van der Waals surface area contributed by atoms with E-state index in [0.717, 1.165) is 37.0 Å². The topological polar surface area (TPSA) is 79.5 Å². The average molecular weight is 392 g/mol. The highest BCUT2D eigenvalue weighted by Gasteiger charge is 2.30. The van der Waals surface area contributed by atoms with E-state index in [-0.39, 0.29) is 11.3 Å². The van der Waals surface area contributed by atoms with Gasteiger partial charge in [0.2, 0.25) is 0 Å². The van der Waals surface area contributed by atoms with E-state index in [0.29, 0.717) is 17.2 Å². The summed E-state index contributed by atoms with van der Waals surface area (Å²) in [6, 6.07) is 10.7. The molecule has 6 heteroatoms. The Kier molecular flexibility index (Phi) is 5.79. The van der Waals surface area contributed by atoms with Gasteiger partial charge in [-0.2, -0.15) is 0 Å². The number of hydrogen-bond acceptors (Lipinski definition) is 5. The number of sulfone groups is 1. The van der Waals surface area contributed by atoms with Crippen molar-refractivity contribution in [2.45, 2.75) is 68.2 Å². The molecule has 0 radical (unpaired) electrons. The highest BCUT2D eigenvalue weighted by Crippen LogP contribution is 2.30. The van der Waals surface area contributed by atoms with Crippen molar-refractivity contribution in [3.63, 3.8) is 0 Å². The van der Waals surface area contributed by atoms with Crippen molar-refractivity contribution in [1.82, 2.24) is 5.32 Å². The molecule has 2 N–H and O–H groups in total. The summed E-state index contributed by atoms with van der Waals surface area (Å²) in [6.45, 7) is 5.87. The first-order chi connectivity index (χ1) is 12.7. The molecular weight excluding hydrogens is 362 g/mol. The van der Waals surface area contributed by atoms with Gasteiger partial charge in [-0.1, -0.05) is 25.0 Å². The molecule has 1 aromatic carbocycles. The lowest BCUT2D eigenvalue weighted by molar-refractivity contribution is 0.0313. The van der Waals surface area contributed by atoms with Crippen LogP contribution >= 0.6 is 0 Å². The van der Waals surface area contributed by atoms with Crippen LogP contribution in [-0.4, -0.2) is 25.3 Å². The Morgan fingerprint density at radius 2 is 1.81 bits per heavy atom. The van der Waals surface area contributed by atoms with Crippen LogP contribution in [-0.2, 0) is 15.4 Å². The van der Waals surface area contributed by atoms with Gasteiger partial charge in [-0.15, -0.1) is 0 Å². The van der Waals surface area contributed by atoms with E-state index >= 15 is 0 Å². The summed E-state index contributed by atoms with van der Waals surface area (Å²) in [7, 11) is -3.22. The molecule has 1 heterocycles. The fourth-order valence-corrected chi connectivity index (χ4v) is 5.47. The van der Waals surface area contributed by atoms with Gasteiger partial charge in [0.1, 0.15) is 17.1 Å². The van der Waals surface area contributed by atoms with E-state index in [1.165, 1.54) is 0 Å². The van der Waals surface area contributed by atoms with E-state index < -0.39 is 15.4 Å². The summed E-state index contributed by atoms with van der Waals surface area (Å²) in [5, 5.41) is 13.7. The molecule has 0 saturated heterocycles. The Labute approximate surface area is 161 Å². The number of nitrogens with one attached hydrogen (secondary N) is 1. The van der Waals surface area contributed by atoms with E-state index in [4.69, 9.17) is 4.42 Å².